The Balaban J connectivity index is 0.000001000. The molecule has 1 atom stereocenters. The molecular weight excluding hydrogens is 206 g/mol. The molecule has 1 N–H and O–H groups in total. The predicted molar refractivity (Wildman–Crippen MR) is 51.3 cm³/mol. The first-order valence-corrected chi connectivity index (χ1v) is 4.10. The van der Waals surface area contributed by atoms with Gasteiger partial charge in [0.05, 0.1) is 6.04 Å². The zero-order chi connectivity index (χ0) is 7.40. The van der Waals surface area contributed by atoms with Gasteiger partial charge in [0.15, 0.2) is 0 Å². The van der Waals surface area contributed by atoms with Gasteiger partial charge in [-0.2, -0.15) is 0 Å². The molecule has 1 rings (SSSR count). The molecule has 1 heterocycles. The number of hydrogen-bond acceptors (Lipinski definition) is 2. The van der Waals surface area contributed by atoms with Gasteiger partial charge in [-0.05, 0) is 19.4 Å². The van der Waals surface area contributed by atoms with Gasteiger partial charge >= 0.3 is 0 Å². The Hall–Kier alpha value is 0.110. The van der Waals surface area contributed by atoms with Crippen LogP contribution in [0, 0.1) is 0 Å². The number of carbonyl (C=O) groups is 1. The van der Waals surface area contributed by atoms with Crippen LogP contribution in [0.4, 0.5) is 0 Å². The summed E-state index contributed by atoms with van der Waals surface area (Å²) in [7, 11) is 0. The first-order valence-electron chi connectivity index (χ1n) is 4.10. The number of hydrogen-bond donors (Lipinski definition) is 1. The van der Waals surface area contributed by atoms with Crippen LogP contribution in [0.1, 0.15) is 32.6 Å². The van der Waals surface area contributed by atoms with Gasteiger partial charge in [-0.25, -0.2) is 0 Å². The average Bonchev–Trinajstić information content (AvgIpc) is 2.05. The maximum atomic E-state index is 11.1. The monoisotopic (exact) mass is 221 g/mol. The number of carbonyl (C=O) groups excluding carboxylic acids is 1. The van der Waals surface area contributed by atoms with Crippen LogP contribution in [0.25, 0.3) is 0 Å². The van der Waals surface area contributed by atoms with Crippen molar-refractivity contribution in [2.24, 2.45) is 0 Å². The summed E-state index contributed by atoms with van der Waals surface area (Å²) >= 11 is 0. The van der Waals surface area contributed by atoms with Crippen LogP contribution >= 0.6 is 17.0 Å². The van der Waals surface area contributed by atoms with E-state index in [1.807, 2.05) is 6.92 Å². The van der Waals surface area contributed by atoms with Gasteiger partial charge in [-0.15, -0.1) is 17.0 Å². The molecule has 1 aliphatic heterocycles. The van der Waals surface area contributed by atoms with Crippen molar-refractivity contribution in [1.29, 1.82) is 0 Å². The lowest BCUT2D eigenvalue weighted by Gasteiger charge is -2.21. The van der Waals surface area contributed by atoms with Crippen LogP contribution in [-0.4, -0.2) is 18.4 Å². The molecule has 1 unspecified atom stereocenters. The number of rotatable bonds is 2. The smallest absolute Gasteiger partial charge is 0.149 e. The van der Waals surface area contributed by atoms with Crippen LogP contribution in [-0.2, 0) is 4.79 Å². The minimum Gasteiger partial charge on any atom is -0.307 e. The van der Waals surface area contributed by atoms with E-state index in [4.69, 9.17) is 0 Å². The molecule has 2 nitrogen and oxygen atoms in total. The lowest BCUT2D eigenvalue weighted by Crippen LogP contribution is -2.39. The maximum Gasteiger partial charge on any atom is 0.149 e. The highest BCUT2D eigenvalue weighted by Crippen LogP contribution is 2.08. The van der Waals surface area contributed by atoms with Crippen molar-refractivity contribution >= 4 is 22.8 Å². The summed E-state index contributed by atoms with van der Waals surface area (Å²) in [6.45, 7) is 2.95. The lowest BCUT2D eigenvalue weighted by molar-refractivity contribution is -0.121. The third kappa shape index (κ3) is 3.34. The molecule has 0 aromatic carbocycles. The van der Waals surface area contributed by atoms with E-state index in [0.717, 1.165) is 13.0 Å². The number of halogens is 1. The molecule has 0 aromatic heterocycles. The maximum absolute atomic E-state index is 11.1. The summed E-state index contributed by atoms with van der Waals surface area (Å²) in [5.41, 5.74) is 0. The summed E-state index contributed by atoms with van der Waals surface area (Å²) < 4.78 is 0. The Labute approximate surface area is 78.5 Å². The van der Waals surface area contributed by atoms with Crippen molar-refractivity contribution in [3.63, 3.8) is 0 Å². The van der Waals surface area contributed by atoms with Crippen LogP contribution in [0.3, 0.4) is 0 Å². The van der Waals surface area contributed by atoms with Gasteiger partial charge < -0.3 is 5.32 Å². The number of piperidine rings is 1. The Morgan fingerprint density at radius 1 is 1.55 bits per heavy atom. The fourth-order valence-corrected chi connectivity index (χ4v) is 1.37. The van der Waals surface area contributed by atoms with Crippen molar-refractivity contribution < 1.29 is 4.79 Å². The van der Waals surface area contributed by atoms with Crippen LogP contribution < -0.4 is 5.32 Å². The standard InChI is InChI=1S/C8H15NO.BrH/c1-2-8(10)7-5-3-4-6-9-7;/h7,9H,2-6H2,1H3;1H. The first-order chi connectivity index (χ1) is 4.84. The predicted octanol–water partition coefficient (Wildman–Crippen LogP) is 1.69. The Kier molecular flexibility index (Phi) is 5.78. The molecule has 0 amide bonds. The van der Waals surface area contributed by atoms with E-state index in [0.29, 0.717) is 12.2 Å². The van der Waals surface area contributed by atoms with E-state index in [2.05, 4.69) is 5.32 Å². The quantitative estimate of drug-likeness (QED) is 0.770. The third-order valence-corrected chi connectivity index (χ3v) is 2.05. The minimum atomic E-state index is 0. The lowest BCUT2D eigenvalue weighted by atomic mass is 10.00. The Morgan fingerprint density at radius 2 is 2.27 bits per heavy atom. The van der Waals surface area contributed by atoms with E-state index in [-0.39, 0.29) is 23.0 Å². The Bertz CT molecular complexity index is 121. The van der Waals surface area contributed by atoms with Gasteiger partial charge in [-0.1, -0.05) is 13.3 Å². The molecule has 0 saturated carbocycles. The zero-order valence-electron chi connectivity index (χ0n) is 6.93. The topological polar surface area (TPSA) is 29.1 Å². The summed E-state index contributed by atoms with van der Waals surface area (Å²) in [6.07, 6.45) is 4.17. The average molecular weight is 222 g/mol. The van der Waals surface area contributed by atoms with E-state index in [9.17, 15) is 4.79 Å². The zero-order valence-corrected chi connectivity index (χ0v) is 8.64. The SMILES string of the molecule is Br.CCC(=O)C1CCCCN1. The molecule has 1 aliphatic rings. The molecule has 0 radical (unpaired) electrons. The molecular formula is C8H16BrNO. The van der Waals surface area contributed by atoms with Crippen molar-refractivity contribution in [2.45, 2.75) is 38.6 Å². The second kappa shape index (κ2) is 5.72. The van der Waals surface area contributed by atoms with Gasteiger partial charge in [0.2, 0.25) is 0 Å². The molecule has 0 aliphatic carbocycles. The van der Waals surface area contributed by atoms with E-state index < -0.39 is 0 Å². The highest BCUT2D eigenvalue weighted by atomic mass is 79.9. The summed E-state index contributed by atoms with van der Waals surface area (Å²) in [5, 5.41) is 3.22. The van der Waals surface area contributed by atoms with Crippen molar-refractivity contribution in [1.82, 2.24) is 5.32 Å². The largest absolute Gasteiger partial charge is 0.307 e. The van der Waals surface area contributed by atoms with E-state index in [1.54, 1.807) is 0 Å². The molecule has 1 saturated heterocycles. The van der Waals surface area contributed by atoms with Crippen molar-refractivity contribution in [2.75, 3.05) is 6.54 Å². The minimum absolute atomic E-state index is 0. The van der Waals surface area contributed by atoms with E-state index >= 15 is 0 Å². The molecule has 0 aromatic rings. The van der Waals surface area contributed by atoms with Gasteiger partial charge in [0.1, 0.15) is 5.78 Å². The molecule has 0 bridgehead atoms. The second-order valence-electron chi connectivity index (χ2n) is 2.82. The first kappa shape index (κ1) is 11.1. The van der Waals surface area contributed by atoms with Gasteiger partial charge in [-0.3, -0.25) is 4.79 Å². The fraction of sp³-hybridized carbons (Fsp3) is 0.875. The summed E-state index contributed by atoms with van der Waals surface area (Å²) in [5.74, 6) is 0.375. The normalized spacial score (nSPS) is 23.9. The third-order valence-electron chi connectivity index (χ3n) is 2.05. The number of ketones is 1. The van der Waals surface area contributed by atoms with Crippen molar-refractivity contribution in [3.8, 4) is 0 Å². The van der Waals surface area contributed by atoms with Gasteiger partial charge in [0, 0.05) is 6.42 Å². The highest BCUT2D eigenvalue weighted by Gasteiger charge is 2.17. The molecule has 11 heavy (non-hydrogen) atoms. The highest BCUT2D eigenvalue weighted by molar-refractivity contribution is 8.93. The molecule has 3 heteroatoms. The van der Waals surface area contributed by atoms with Crippen molar-refractivity contribution in [3.05, 3.63) is 0 Å². The van der Waals surface area contributed by atoms with Crippen LogP contribution in [0.2, 0.25) is 0 Å². The summed E-state index contributed by atoms with van der Waals surface area (Å²) in [6, 6.07) is 0.179. The van der Waals surface area contributed by atoms with Crippen LogP contribution in [0.15, 0.2) is 0 Å². The second-order valence-corrected chi connectivity index (χ2v) is 2.82. The number of nitrogens with one attached hydrogen (secondary N) is 1. The fourth-order valence-electron chi connectivity index (χ4n) is 1.37. The van der Waals surface area contributed by atoms with Crippen LogP contribution in [0.5, 0.6) is 0 Å². The number of Topliss-reactive ketones (excluding diaryl/α,β-unsaturated/α-hetero) is 1. The molecule has 0 spiro atoms. The summed E-state index contributed by atoms with van der Waals surface area (Å²) in [4.78, 5) is 11.1. The molecule has 66 valence electrons. The van der Waals surface area contributed by atoms with E-state index in [1.165, 1.54) is 12.8 Å². The molecule has 1 fully saturated rings. The van der Waals surface area contributed by atoms with Gasteiger partial charge in [0.25, 0.3) is 0 Å². The Morgan fingerprint density at radius 3 is 2.73 bits per heavy atom.